The third-order valence-corrected chi connectivity index (χ3v) is 3.36. The minimum absolute atomic E-state index is 0.127. The molecule has 1 rings (SSSR count). The summed E-state index contributed by atoms with van der Waals surface area (Å²) in [5.41, 5.74) is 0.787. The lowest BCUT2D eigenvalue weighted by Crippen LogP contribution is -2.37. The van der Waals surface area contributed by atoms with Gasteiger partial charge in [0.1, 0.15) is 5.88 Å². The molecule has 0 unspecified atom stereocenters. The number of benzene rings is 1. The van der Waals surface area contributed by atoms with E-state index in [-0.39, 0.29) is 11.8 Å². The summed E-state index contributed by atoms with van der Waals surface area (Å²) in [6.07, 6.45) is 1.86. The number of hydrogen-bond acceptors (Lipinski definition) is 2. The van der Waals surface area contributed by atoms with Crippen molar-refractivity contribution in [2.24, 2.45) is 0 Å². The lowest BCUT2D eigenvalue weighted by atomic mass is 9.97. The molecule has 19 heavy (non-hydrogen) atoms. The molecule has 106 valence electrons. The second-order valence-electron chi connectivity index (χ2n) is 4.44. The standard InChI is InChI=1S/C14H19Cl2NO2/c1-2-3-7-12(18)14(17-13(19)9-15)10-5-4-6-11(16)8-10/h4-6,8,12,14,18H,2-3,7,9H2,1H3,(H,17,19)/t12-,14-/m0/s1. The SMILES string of the molecule is CCCC[C@H](O)[C@@H](NC(=O)CCl)c1cccc(Cl)c1. The van der Waals surface area contributed by atoms with Gasteiger partial charge in [0.2, 0.25) is 5.91 Å². The summed E-state index contributed by atoms with van der Waals surface area (Å²) >= 11 is 11.5. The second-order valence-corrected chi connectivity index (χ2v) is 5.15. The molecule has 2 N–H and O–H groups in total. The number of carbonyl (C=O) groups is 1. The van der Waals surface area contributed by atoms with Crippen molar-refractivity contribution in [3.05, 3.63) is 34.9 Å². The van der Waals surface area contributed by atoms with Crippen LogP contribution in [0.2, 0.25) is 5.02 Å². The van der Waals surface area contributed by atoms with Crippen molar-refractivity contribution in [1.29, 1.82) is 0 Å². The van der Waals surface area contributed by atoms with Gasteiger partial charge in [-0.25, -0.2) is 0 Å². The smallest absolute Gasteiger partial charge is 0.235 e. The fraction of sp³-hybridized carbons (Fsp3) is 0.500. The summed E-state index contributed by atoms with van der Waals surface area (Å²) < 4.78 is 0. The van der Waals surface area contributed by atoms with Crippen LogP contribution in [0.4, 0.5) is 0 Å². The fourth-order valence-electron chi connectivity index (χ4n) is 1.89. The Morgan fingerprint density at radius 1 is 1.47 bits per heavy atom. The number of carbonyl (C=O) groups excluding carboxylic acids is 1. The van der Waals surface area contributed by atoms with Crippen molar-refractivity contribution in [2.75, 3.05) is 5.88 Å². The average molecular weight is 304 g/mol. The van der Waals surface area contributed by atoms with Gasteiger partial charge in [0, 0.05) is 5.02 Å². The zero-order valence-electron chi connectivity index (χ0n) is 10.9. The molecular weight excluding hydrogens is 285 g/mol. The van der Waals surface area contributed by atoms with E-state index in [0.29, 0.717) is 11.4 Å². The number of halogens is 2. The van der Waals surface area contributed by atoms with Crippen LogP contribution in [0, 0.1) is 0 Å². The van der Waals surface area contributed by atoms with Crippen molar-refractivity contribution in [3.63, 3.8) is 0 Å². The molecule has 0 aromatic heterocycles. The molecule has 0 spiro atoms. The van der Waals surface area contributed by atoms with Crippen molar-refractivity contribution in [1.82, 2.24) is 5.32 Å². The van der Waals surface area contributed by atoms with E-state index in [4.69, 9.17) is 23.2 Å². The maximum Gasteiger partial charge on any atom is 0.235 e. The van der Waals surface area contributed by atoms with Gasteiger partial charge >= 0.3 is 0 Å². The normalized spacial score (nSPS) is 13.9. The lowest BCUT2D eigenvalue weighted by Gasteiger charge is -2.24. The van der Waals surface area contributed by atoms with Crippen LogP contribution in [0.3, 0.4) is 0 Å². The fourth-order valence-corrected chi connectivity index (χ4v) is 2.17. The van der Waals surface area contributed by atoms with Crippen LogP contribution in [0.15, 0.2) is 24.3 Å². The first-order valence-corrected chi connectivity index (χ1v) is 7.28. The van der Waals surface area contributed by atoms with Gasteiger partial charge in [-0.2, -0.15) is 0 Å². The van der Waals surface area contributed by atoms with E-state index in [9.17, 15) is 9.90 Å². The van der Waals surface area contributed by atoms with Crippen LogP contribution in [-0.2, 0) is 4.79 Å². The zero-order chi connectivity index (χ0) is 14.3. The summed E-state index contributed by atoms with van der Waals surface area (Å²) in [6, 6.07) is 6.65. The highest BCUT2D eigenvalue weighted by molar-refractivity contribution is 6.30. The highest BCUT2D eigenvalue weighted by Gasteiger charge is 2.22. The number of amides is 1. The van der Waals surface area contributed by atoms with E-state index in [1.54, 1.807) is 18.2 Å². The molecule has 0 aliphatic carbocycles. The molecule has 2 atom stereocenters. The number of alkyl halides is 1. The Morgan fingerprint density at radius 2 is 2.21 bits per heavy atom. The maximum absolute atomic E-state index is 11.5. The molecule has 0 radical (unpaired) electrons. The third-order valence-electron chi connectivity index (χ3n) is 2.88. The van der Waals surface area contributed by atoms with Gasteiger partial charge in [-0.15, -0.1) is 11.6 Å². The molecule has 0 saturated heterocycles. The first kappa shape index (κ1) is 16.3. The quantitative estimate of drug-likeness (QED) is 0.759. The monoisotopic (exact) mass is 303 g/mol. The lowest BCUT2D eigenvalue weighted by molar-refractivity contribution is -0.120. The maximum atomic E-state index is 11.5. The molecule has 0 bridgehead atoms. The number of unbranched alkanes of at least 4 members (excludes halogenated alkanes) is 1. The first-order chi connectivity index (χ1) is 9.08. The van der Waals surface area contributed by atoms with Gasteiger partial charge in [0.25, 0.3) is 0 Å². The second kappa shape index (κ2) is 8.41. The minimum Gasteiger partial charge on any atom is -0.391 e. The van der Waals surface area contributed by atoms with Gasteiger partial charge in [-0.1, -0.05) is 43.5 Å². The van der Waals surface area contributed by atoms with E-state index < -0.39 is 12.1 Å². The zero-order valence-corrected chi connectivity index (χ0v) is 12.4. The molecule has 1 aromatic rings. The Morgan fingerprint density at radius 3 is 2.79 bits per heavy atom. The molecule has 0 heterocycles. The van der Waals surface area contributed by atoms with E-state index in [1.807, 2.05) is 6.07 Å². The average Bonchev–Trinajstić information content (AvgIpc) is 2.41. The van der Waals surface area contributed by atoms with E-state index in [2.05, 4.69) is 12.2 Å². The number of nitrogens with one attached hydrogen (secondary N) is 1. The van der Waals surface area contributed by atoms with Gasteiger partial charge in [-0.3, -0.25) is 4.79 Å². The van der Waals surface area contributed by atoms with E-state index in [1.165, 1.54) is 0 Å². The highest BCUT2D eigenvalue weighted by atomic mass is 35.5. The molecule has 0 aliphatic rings. The Labute approximate surface area is 123 Å². The van der Waals surface area contributed by atoms with Gasteiger partial charge in [-0.05, 0) is 24.1 Å². The highest BCUT2D eigenvalue weighted by Crippen LogP contribution is 2.23. The van der Waals surface area contributed by atoms with Crippen LogP contribution < -0.4 is 5.32 Å². The number of rotatable bonds is 7. The molecule has 3 nitrogen and oxygen atoms in total. The molecule has 1 aromatic carbocycles. The molecule has 1 amide bonds. The van der Waals surface area contributed by atoms with Gasteiger partial charge in [0.05, 0.1) is 12.1 Å². The number of aliphatic hydroxyl groups is 1. The predicted octanol–water partition coefficient (Wildman–Crippen LogP) is 3.29. The first-order valence-electron chi connectivity index (χ1n) is 6.37. The number of aliphatic hydroxyl groups excluding tert-OH is 1. The van der Waals surface area contributed by atoms with E-state index >= 15 is 0 Å². The molecule has 5 heteroatoms. The van der Waals surface area contributed by atoms with Crippen LogP contribution >= 0.6 is 23.2 Å². The molecular formula is C14H19Cl2NO2. The van der Waals surface area contributed by atoms with Crippen LogP contribution in [0.25, 0.3) is 0 Å². The van der Waals surface area contributed by atoms with Crippen molar-refractivity contribution < 1.29 is 9.90 Å². The van der Waals surface area contributed by atoms with Crippen molar-refractivity contribution in [2.45, 2.75) is 38.3 Å². The topological polar surface area (TPSA) is 49.3 Å². The van der Waals surface area contributed by atoms with Crippen LogP contribution in [0.5, 0.6) is 0 Å². The van der Waals surface area contributed by atoms with Crippen LogP contribution in [0.1, 0.15) is 37.8 Å². The molecule has 0 saturated carbocycles. The third kappa shape index (κ3) is 5.39. The molecule has 0 aliphatic heterocycles. The Hall–Kier alpha value is -0.770. The van der Waals surface area contributed by atoms with Gasteiger partial charge in [0.15, 0.2) is 0 Å². The van der Waals surface area contributed by atoms with Crippen molar-refractivity contribution >= 4 is 29.1 Å². The summed E-state index contributed by atoms with van der Waals surface area (Å²) in [4.78, 5) is 11.5. The Bertz CT molecular complexity index is 412. The summed E-state index contributed by atoms with van der Waals surface area (Å²) in [5.74, 6) is -0.431. The Balaban J connectivity index is 2.87. The summed E-state index contributed by atoms with van der Waals surface area (Å²) in [6.45, 7) is 2.05. The largest absolute Gasteiger partial charge is 0.391 e. The van der Waals surface area contributed by atoms with Crippen LogP contribution in [-0.4, -0.2) is 23.0 Å². The van der Waals surface area contributed by atoms with Gasteiger partial charge < -0.3 is 10.4 Å². The summed E-state index contributed by atoms with van der Waals surface area (Å²) in [5, 5.41) is 13.5. The Kier molecular flexibility index (Phi) is 7.21. The van der Waals surface area contributed by atoms with Crippen molar-refractivity contribution in [3.8, 4) is 0 Å². The molecule has 0 fully saturated rings. The minimum atomic E-state index is -0.648. The summed E-state index contributed by atoms with van der Waals surface area (Å²) in [7, 11) is 0. The van der Waals surface area contributed by atoms with E-state index in [0.717, 1.165) is 18.4 Å². The number of hydrogen-bond donors (Lipinski definition) is 2. The predicted molar refractivity (Wildman–Crippen MR) is 78.6 cm³/mol.